The summed E-state index contributed by atoms with van der Waals surface area (Å²) in [7, 11) is 1.24. The van der Waals surface area contributed by atoms with Crippen LogP contribution in [0.4, 0.5) is 0 Å². The van der Waals surface area contributed by atoms with Crippen molar-refractivity contribution in [3.8, 4) is 0 Å². The van der Waals surface area contributed by atoms with Crippen LogP contribution in [-0.4, -0.2) is 102 Å². The van der Waals surface area contributed by atoms with E-state index >= 15 is 0 Å². The summed E-state index contributed by atoms with van der Waals surface area (Å²) in [5, 5.41) is 11.4. The largest absolute Gasteiger partial charge is 0.378 e. The molecule has 0 saturated carbocycles. The molecule has 1 aromatic heterocycles. The quantitative estimate of drug-likeness (QED) is 0.378. The summed E-state index contributed by atoms with van der Waals surface area (Å²) < 4.78 is 30.5. The van der Waals surface area contributed by atoms with E-state index in [1.807, 2.05) is 7.05 Å². The average Bonchev–Trinajstić information content (AvgIpc) is 3.01. The molecule has 1 saturated heterocycles. The van der Waals surface area contributed by atoms with Gasteiger partial charge in [-0.05, 0) is 23.0 Å². The van der Waals surface area contributed by atoms with Gasteiger partial charge in [0.15, 0.2) is 0 Å². The number of likely N-dealkylation sites (N-methyl/N-ethyl adjacent to an activating group) is 1. The zero-order chi connectivity index (χ0) is 19.3. The monoisotopic (exact) mass is 467 g/mol. The number of hydrogen-bond donors (Lipinski definition) is 1. The minimum atomic E-state index is -0.661. The second kappa shape index (κ2) is 13.7. The second-order valence-electron chi connectivity index (χ2n) is 6.11. The summed E-state index contributed by atoms with van der Waals surface area (Å²) in [4.78, 5) is 2.26. The minimum absolute atomic E-state index is 0.542. The molecule has 0 unspecified atom stereocenters. The highest BCUT2D eigenvalue weighted by Crippen LogP contribution is 2.16. The summed E-state index contributed by atoms with van der Waals surface area (Å²) in [5.41, 5.74) is 0.907. The molecule has 27 heavy (non-hydrogen) atoms. The number of nitrogens with one attached hydrogen (secondary N) is 1. The summed E-state index contributed by atoms with van der Waals surface area (Å²) in [6.45, 7) is 7.41. The normalized spacial score (nSPS) is 16.2. The maximum Gasteiger partial charge on any atom is 0.129 e. The van der Waals surface area contributed by atoms with Crippen molar-refractivity contribution >= 4 is 26.7 Å². The molecule has 2 rings (SSSR count). The smallest absolute Gasteiger partial charge is 0.129 e. The fraction of sp³-hybridized carbons (Fsp3) is 0.875. The summed E-state index contributed by atoms with van der Waals surface area (Å²) in [5.74, 6) is 1.48. The Hall–Kier alpha value is -0.430. The van der Waals surface area contributed by atoms with Crippen molar-refractivity contribution in [2.75, 3.05) is 77.8 Å². The molecule has 1 N–H and O–H groups in total. The Kier molecular flexibility index (Phi) is 11.6. The van der Waals surface area contributed by atoms with E-state index < -0.39 is 10.8 Å². The van der Waals surface area contributed by atoms with Crippen LogP contribution in [0.3, 0.4) is 0 Å². The first-order valence-corrected chi connectivity index (χ1v) is 11.5. The van der Waals surface area contributed by atoms with Gasteiger partial charge in [0.05, 0.1) is 46.2 Å². The van der Waals surface area contributed by atoms with Crippen molar-refractivity contribution in [1.29, 1.82) is 0 Å². The van der Waals surface area contributed by atoms with Gasteiger partial charge in [0.1, 0.15) is 10.3 Å². The van der Waals surface area contributed by atoms with Crippen molar-refractivity contribution in [3.05, 3.63) is 10.3 Å². The van der Waals surface area contributed by atoms with Crippen LogP contribution in [0.2, 0.25) is 0 Å². The van der Waals surface area contributed by atoms with Gasteiger partial charge < -0.3 is 19.5 Å². The zero-order valence-electron chi connectivity index (χ0n) is 15.9. The van der Waals surface area contributed by atoms with Gasteiger partial charge in [0, 0.05) is 48.5 Å². The molecule has 11 heteroatoms. The van der Waals surface area contributed by atoms with Gasteiger partial charge in [-0.15, -0.1) is 5.10 Å². The number of hydrogen-bond acceptors (Lipinski definition) is 8. The van der Waals surface area contributed by atoms with E-state index in [2.05, 4.69) is 36.5 Å². The van der Waals surface area contributed by atoms with Gasteiger partial charge in [-0.1, -0.05) is 5.21 Å². The molecule has 0 atom stereocenters. The molecule has 0 amide bonds. The first kappa shape index (κ1) is 22.9. The van der Waals surface area contributed by atoms with E-state index in [0.717, 1.165) is 48.0 Å². The van der Waals surface area contributed by atoms with Gasteiger partial charge in [0.25, 0.3) is 0 Å². The molecule has 1 aromatic rings. The molecule has 1 aliphatic rings. The lowest BCUT2D eigenvalue weighted by Gasteiger charge is -2.25. The standard InChI is InChI=1S/C16H30BrN5O4S/c1-18-2-6-24-8-10-26-11-9-25-7-3-22-16(17)15(19-20-22)14-21-4-12-27(23)13-5-21/h18H,2-14H2,1H3. The third-order valence-corrected chi connectivity index (χ3v) is 6.21. The van der Waals surface area contributed by atoms with Gasteiger partial charge in [0.2, 0.25) is 0 Å². The van der Waals surface area contributed by atoms with E-state index in [1.165, 1.54) is 0 Å². The summed E-state index contributed by atoms with van der Waals surface area (Å²) in [6.07, 6.45) is 0. The predicted molar refractivity (Wildman–Crippen MR) is 107 cm³/mol. The van der Waals surface area contributed by atoms with E-state index in [1.54, 1.807) is 4.68 Å². The maximum atomic E-state index is 11.4. The first-order valence-electron chi connectivity index (χ1n) is 9.23. The fourth-order valence-corrected chi connectivity index (χ4v) is 4.07. The molecule has 2 heterocycles. The van der Waals surface area contributed by atoms with Crippen molar-refractivity contribution in [2.24, 2.45) is 0 Å². The number of rotatable bonds is 14. The molecule has 1 fully saturated rings. The van der Waals surface area contributed by atoms with Crippen LogP contribution in [0.5, 0.6) is 0 Å². The molecular weight excluding hydrogens is 438 g/mol. The number of ether oxygens (including phenoxy) is 3. The van der Waals surface area contributed by atoms with Crippen LogP contribution < -0.4 is 5.32 Å². The van der Waals surface area contributed by atoms with Crippen LogP contribution >= 0.6 is 15.9 Å². The van der Waals surface area contributed by atoms with Crippen molar-refractivity contribution < 1.29 is 18.4 Å². The van der Waals surface area contributed by atoms with E-state index in [-0.39, 0.29) is 0 Å². The van der Waals surface area contributed by atoms with Crippen LogP contribution in [0.1, 0.15) is 5.69 Å². The van der Waals surface area contributed by atoms with Gasteiger partial charge in [-0.2, -0.15) is 0 Å². The molecule has 0 aliphatic carbocycles. The van der Waals surface area contributed by atoms with E-state index in [9.17, 15) is 4.21 Å². The third-order valence-electron chi connectivity index (χ3n) is 4.07. The Morgan fingerprint density at radius 2 is 1.70 bits per heavy atom. The lowest BCUT2D eigenvalue weighted by Crippen LogP contribution is -2.37. The first-order chi connectivity index (χ1) is 13.2. The average molecular weight is 468 g/mol. The van der Waals surface area contributed by atoms with E-state index in [0.29, 0.717) is 46.2 Å². The lowest BCUT2D eigenvalue weighted by molar-refractivity contribution is 0.0134. The highest BCUT2D eigenvalue weighted by atomic mass is 79.9. The Morgan fingerprint density at radius 3 is 2.37 bits per heavy atom. The molecule has 156 valence electrons. The SMILES string of the molecule is CNCCOCCOCCOCCn1nnc(CN2CCS(=O)CC2)c1Br. The Balaban J connectivity index is 1.52. The molecule has 9 nitrogen and oxygen atoms in total. The number of aromatic nitrogens is 3. The van der Waals surface area contributed by atoms with Crippen molar-refractivity contribution in [1.82, 2.24) is 25.2 Å². The molecule has 1 aliphatic heterocycles. The van der Waals surface area contributed by atoms with Gasteiger partial charge >= 0.3 is 0 Å². The molecular formula is C16H30BrN5O4S. The number of halogens is 1. The maximum absolute atomic E-state index is 11.4. The Labute approximate surface area is 171 Å². The summed E-state index contributed by atoms with van der Waals surface area (Å²) in [6, 6.07) is 0. The van der Waals surface area contributed by atoms with Crippen molar-refractivity contribution in [2.45, 2.75) is 13.1 Å². The minimum Gasteiger partial charge on any atom is -0.378 e. The number of nitrogens with zero attached hydrogens (tertiary/aromatic N) is 4. The topological polar surface area (TPSA) is 90.7 Å². The van der Waals surface area contributed by atoms with Crippen LogP contribution in [0, 0.1) is 0 Å². The molecule has 0 spiro atoms. The second-order valence-corrected chi connectivity index (χ2v) is 8.56. The van der Waals surface area contributed by atoms with Gasteiger partial charge in [-0.25, -0.2) is 4.68 Å². The van der Waals surface area contributed by atoms with Crippen molar-refractivity contribution in [3.63, 3.8) is 0 Å². The molecule has 0 aromatic carbocycles. The van der Waals surface area contributed by atoms with E-state index in [4.69, 9.17) is 14.2 Å². The van der Waals surface area contributed by atoms with Gasteiger partial charge in [-0.3, -0.25) is 9.11 Å². The van der Waals surface area contributed by atoms with Crippen LogP contribution in [0.15, 0.2) is 4.60 Å². The third kappa shape index (κ3) is 9.07. The molecule has 0 radical (unpaired) electrons. The van der Waals surface area contributed by atoms with Crippen LogP contribution in [-0.2, 0) is 38.1 Å². The fourth-order valence-electron chi connectivity index (χ4n) is 2.49. The summed E-state index contributed by atoms with van der Waals surface area (Å²) >= 11 is 3.57. The molecule has 0 bridgehead atoms. The lowest BCUT2D eigenvalue weighted by atomic mass is 10.4. The van der Waals surface area contributed by atoms with Crippen LogP contribution in [0.25, 0.3) is 0 Å². The Bertz CT molecular complexity index is 553. The zero-order valence-corrected chi connectivity index (χ0v) is 18.3. The Morgan fingerprint density at radius 1 is 1.07 bits per heavy atom. The highest BCUT2D eigenvalue weighted by molar-refractivity contribution is 9.10. The predicted octanol–water partition coefficient (Wildman–Crippen LogP) is -0.126. The highest BCUT2D eigenvalue weighted by Gasteiger charge is 2.18.